The van der Waals surface area contributed by atoms with Gasteiger partial charge in [0.1, 0.15) is 18.5 Å². The van der Waals surface area contributed by atoms with Gasteiger partial charge < -0.3 is 20.6 Å². The molecule has 0 radical (unpaired) electrons. The Balaban J connectivity index is 2.37. The van der Waals surface area contributed by atoms with Crippen LogP contribution in [0.5, 0.6) is 0 Å². The zero-order valence-electron chi connectivity index (χ0n) is 16.5. The summed E-state index contributed by atoms with van der Waals surface area (Å²) in [7, 11) is 0. The number of amides is 1. The summed E-state index contributed by atoms with van der Waals surface area (Å²) in [6.07, 6.45) is -1.28. The van der Waals surface area contributed by atoms with Gasteiger partial charge in [0.05, 0.1) is 36.8 Å². The second kappa shape index (κ2) is 12.9. The third kappa shape index (κ3) is 7.26. The molecule has 0 bridgehead atoms. The van der Waals surface area contributed by atoms with Gasteiger partial charge in [0.25, 0.3) is 5.91 Å². The molecular weight excluding hydrogens is 550 g/mol. The highest BCUT2D eigenvalue weighted by atomic mass is 127. The van der Waals surface area contributed by atoms with Crippen LogP contribution in [0.4, 0.5) is 24.5 Å². The number of carbonyl (C=O) groups excluding carboxylic acids is 1. The number of aliphatic hydroxyl groups excluding tert-OH is 3. The normalized spacial score (nSPS) is 12.0. The fourth-order valence-electron chi connectivity index (χ4n) is 2.39. The molecule has 6 N–H and O–H groups in total. The van der Waals surface area contributed by atoms with Crippen LogP contribution in [0.2, 0.25) is 0 Å². The van der Waals surface area contributed by atoms with Gasteiger partial charge in [-0.2, -0.15) is 5.48 Å². The standard InChI is InChI=1S/C19H21F3IN3O6/c20-14-6-11(23)1-2-15(14)25-18-13(19(30)26-32-9-12(29)8-28)5-10(16(21)17(18)22)7-24-31-4-3-27/h1-2,5-6,12,24-25,27-29H,3-4,7-9H2,(H,26,30). The molecule has 32 heavy (non-hydrogen) atoms. The maximum Gasteiger partial charge on any atom is 0.277 e. The number of benzene rings is 2. The SMILES string of the molecule is O=C(NOCC(O)CO)c1cc(CNOCCO)c(F)c(F)c1Nc1ccc(I)cc1F. The molecule has 1 amide bonds. The van der Waals surface area contributed by atoms with E-state index in [0.29, 0.717) is 3.57 Å². The topological polar surface area (TPSA) is 132 Å². The smallest absolute Gasteiger partial charge is 0.277 e. The van der Waals surface area contributed by atoms with Gasteiger partial charge in [-0.3, -0.25) is 14.5 Å². The van der Waals surface area contributed by atoms with E-state index in [4.69, 9.17) is 19.9 Å². The number of nitrogens with one attached hydrogen (secondary N) is 3. The Labute approximate surface area is 194 Å². The zero-order valence-corrected chi connectivity index (χ0v) is 18.7. The number of hydroxylamine groups is 2. The number of anilines is 2. The van der Waals surface area contributed by atoms with Crippen LogP contribution in [0.1, 0.15) is 15.9 Å². The minimum absolute atomic E-state index is 0.107. The first kappa shape index (κ1) is 26.2. The lowest BCUT2D eigenvalue weighted by Gasteiger charge is -2.17. The van der Waals surface area contributed by atoms with Crippen molar-refractivity contribution in [2.75, 3.05) is 31.7 Å². The lowest BCUT2D eigenvalue weighted by Crippen LogP contribution is -2.30. The molecule has 1 unspecified atom stereocenters. The van der Waals surface area contributed by atoms with E-state index in [9.17, 15) is 23.1 Å². The first-order valence-corrected chi connectivity index (χ1v) is 10.3. The van der Waals surface area contributed by atoms with Crippen molar-refractivity contribution in [3.05, 3.63) is 56.4 Å². The van der Waals surface area contributed by atoms with E-state index in [1.807, 2.05) is 28.1 Å². The Bertz CT molecular complexity index is 938. The van der Waals surface area contributed by atoms with E-state index in [-0.39, 0.29) is 31.0 Å². The van der Waals surface area contributed by atoms with Crippen molar-refractivity contribution in [2.45, 2.75) is 12.6 Å². The van der Waals surface area contributed by atoms with Crippen LogP contribution < -0.4 is 16.3 Å². The first-order chi connectivity index (χ1) is 15.3. The maximum atomic E-state index is 14.9. The Morgan fingerprint density at radius 3 is 2.53 bits per heavy atom. The van der Waals surface area contributed by atoms with E-state index in [1.54, 1.807) is 0 Å². The minimum Gasteiger partial charge on any atom is -0.394 e. The van der Waals surface area contributed by atoms with Crippen molar-refractivity contribution in [2.24, 2.45) is 0 Å². The summed E-state index contributed by atoms with van der Waals surface area (Å²) in [5.41, 5.74) is 2.68. The zero-order chi connectivity index (χ0) is 23.7. The average Bonchev–Trinajstić information content (AvgIpc) is 2.76. The molecule has 0 spiro atoms. The predicted octanol–water partition coefficient (Wildman–Crippen LogP) is 1.48. The summed E-state index contributed by atoms with van der Waals surface area (Å²) in [6.45, 7) is -1.86. The number of rotatable bonds is 12. The van der Waals surface area contributed by atoms with Crippen molar-refractivity contribution in [3.8, 4) is 0 Å². The fourth-order valence-corrected chi connectivity index (χ4v) is 2.85. The molecule has 0 saturated carbocycles. The summed E-state index contributed by atoms with van der Waals surface area (Å²) < 4.78 is 44.3. The molecule has 2 rings (SSSR count). The molecule has 0 heterocycles. The first-order valence-electron chi connectivity index (χ1n) is 9.18. The average molecular weight is 571 g/mol. The number of aliphatic hydroxyl groups is 3. The minimum atomic E-state index is -1.45. The van der Waals surface area contributed by atoms with E-state index >= 15 is 0 Å². The second-order valence-electron chi connectivity index (χ2n) is 6.31. The molecule has 2 aromatic carbocycles. The van der Waals surface area contributed by atoms with Gasteiger partial charge >= 0.3 is 0 Å². The van der Waals surface area contributed by atoms with Crippen LogP contribution in [0, 0.1) is 21.0 Å². The van der Waals surface area contributed by atoms with E-state index in [1.165, 1.54) is 12.1 Å². The van der Waals surface area contributed by atoms with E-state index < -0.39 is 53.9 Å². The Morgan fingerprint density at radius 2 is 1.88 bits per heavy atom. The number of hydrogen-bond donors (Lipinski definition) is 6. The van der Waals surface area contributed by atoms with Gasteiger partial charge in [-0.1, -0.05) is 0 Å². The Kier molecular flexibility index (Phi) is 10.6. The quantitative estimate of drug-likeness (QED) is 0.128. The molecule has 0 fully saturated rings. The monoisotopic (exact) mass is 571 g/mol. The second-order valence-corrected chi connectivity index (χ2v) is 7.55. The fraction of sp³-hybridized carbons (Fsp3) is 0.316. The lowest BCUT2D eigenvalue weighted by molar-refractivity contribution is -0.0295. The molecule has 0 aliphatic rings. The summed E-state index contributed by atoms with van der Waals surface area (Å²) in [5, 5.41) is 29.1. The van der Waals surface area contributed by atoms with Crippen LogP contribution in [0.15, 0.2) is 24.3 Å². The molecule has 0 aromatic heterocycles. The third-order valence-corrected chi connectivity index (χ3v) is 4.60. The van der Waals surface area contributed by atoms with Crippen molar-refractivity contribution < 1.29 is 43.0 Å². The molecule has 176 valence electrons. The number of carbonyl (C=O) groups is 1. The molecule has 0 aliphatic heterocycles. The highest BCUT2D eigenvalue weighted by molar-refractivity contribution is 14.1. The third-order valence-electron chi connectivity index (χ3n) is 3.93. The number of hydrogen-bond acceptors (Lipinski definition) is 8. The highest BCUT2D eigenvalue weighted by Crippen LogP contribution is 2.30. The van der Waals surface area contributed by atoms with Crippen molar-refractivity contribution in [3.63, 3.8) is 0 Å². The molecule has 13 heteroatoms. The molecule has 1 atom stereocenters. The molecule has 2 aromatic rings. The molecular formula is C19H21F3IN3O6. The summed E-state index contributed by atoms with van der Waals surface area (Å²) in [4.78, 5) is 22.1. The van der Waals surface area contributed by atoms with Gasteiger partial charge in [-0.15, -0.1) is 0 Å². The maximum absolute atomic E-state index is 14.9. The van der Waals surface area contributed by atoms with Crippen molar-refractivity contribution in [1.82, 2.24) is 11.0 Å². The van der Waals surface area contributed by atoms with Gasteiger partial charge in [0.2, 0.25) is 0 Å². The van der Waals surface area contributed by atoms with Crippen molar-refractivity contribution >= 4 is 39.9 Å². The van der Waals surface area contributed by atoms with Crippen LogP contribution >= 0.6 is 22.6 Å². The van der Waals surface area contributed by atoms with Crippen molar-refractivity contribution in [1.29, 1.82) is 0 Å². The van der Waals surface area contributed by atoms with Gasteiger partial charge in [0, 0.05) is 15.7 Å². The lowest BCUT2D eigenvalue weighted by atomic mass is 10.1. The van der Waals surface area contributed by atoms with E-state index in [2.05, 4.69) is 10.8 Å². The number of halogens is 4. The largest absolute Gasteiger partial charge is 0.394 e. The van der Waals surface area contributed by atoms with Gasteiger partial charge in [0.15, 0.2) is 11.6 Å². The van der Waals surface area contributed by atoms with Gasteiger partial charge in [-0.05, 0) is 46.9 Å². The summed E-state index contributed by atoms with van der Waals surface area (Å²) in [5.74, 6) is -4.55. The Hall–Kier alpha value is -2.01. The predicted molar refractivity (Wildman–Crippen MR) is 115 cm³/mol. The Morgan fingerprint density at radius 1 is 1.12 bits per heavy atom. The van der Waals surface area contributed by atoms with Gasteiger partial charge in [-0.25, -0.2) is 18.7 Å². The van der Waals surface area contributed by atoms with Crippen LogP contribution in [-0.2, 0) is 16.2 Å². The molecule has 0 saturated heterocycles. The highest BCUT2D eigenvalue weighted by Gasteiger charge is 2.24. The summed E-state index contributed by atoms with van der Waals surface area (Å²) >= 11 is 1.87. The summed E-state index contributed by atoms with van der Waals surface area (Å²) in [6, 6.07) is 4.98. The van der Waals surface area contributed by atoms with E-state index in [0.717, 1.165) is 12.1 Å². The molecule has 9 nitrogen and oxygen atoms in total. The van der Waals surface area contributed by atoms with Crippen LogP contribution in [0.3, 0.4) is 0 Å². The van der Waals surface area contributed by atoms with Crippen LogP contribution in [0.25, 0.3) is 0 Å². The van der Waals surface area contributed by atoms with Crippen LogP contribution in [-0.4, -0.2) is 53.8 Å². The molecule has 0 aliphatic carbocycles.